The number of benzene rings is 4. The minimum atomic E-state index is 0. The van der Waals surface area contributed by atoms with E-state index in [0.717, 1.165) is 56.4 Å². The molecule has 3 aromatic heterocycles. The molecule has 6 heteroatoms. The Hall–Kier alpha value is -4.47. The molecule has 0 radical (unpaired) electrons. The van der Waals surface area contributed by atoms with Crippen LogP contribution in [0.5, 0.6) is 11.5 Å². The van der Waals surface area contributed by atoms with E-state index in [4.69, 9.17) is 11.2 Å². The summed E-state index contributed by atoms with van der Waals surface area (Å²) in [7, 11) is 0. The van der Waals surface area contributed by atoms with Crippen molar-refractivity contribution in [2.24, 2.45) is 5.92 Å². The quantitative estimate of drug-likeness (QED) is 0.129. The van der Waals surface area contributed by atoms with Gasteiger partial charge in [0.05, 0.1) is 7.06 Å². The van der Waals surface area contributed by atoms with Crippen LogP contribution in [-0.2, 0) is 21.1 Å². The van der Waals surface area contributed by atoms with E-state index in [1.165, 1.54) is 18.4 Å². The standard InChI is InChI=1S/C42H40N4O.Pt/c1-6-13-28(2)24-29(3)33-19-22-39-38(25-33)37-21-20-36(27-40(37)45(39)41-18-10-11-23-43-41)47-35-17-12-16-34(26-35)46-31(5)42(30(4)44-46)32-14-8-7-9-15-32;/h7-12,14-23,25,28-29H,6,13,24H2,1-5H3;/q-2;+2/i10D;. The number of ether oxygens (including phenoxy) is 1. The van der Waals surface area contributed by atoms with Crippen LogP contribution in [0.3, 0.4) is 0 Å². The molecule has 0 bridgehead atoms. The van der Waals surface area contributed by atoms with Crippen molar-refractivity contribution in [2.75, 3.05) is 0 Å². The van der Waals surface area contributed by atoms with Gasteiger partial charge in [-0.15, -0.1) is 35.7 Å². The summed E-state index contributed by atoms with van der Waals surface area (Å²) in [6, 6.07) is 37.9. The Morgan fingerprint density at radius 3 is 2.48 bits per heavy atom. The van der Waals surface area contributed by atoms with Gasteiger partial charge in [-0.3, -0.25) is 4.68 Å². The molecule has 48 heavy (non-hydrogen) atoms. The van der Waals surface area contributed by atoms with Gasteiger partial charge >= 0.3 is 21.1 Å². The maximum Gasteiger partial charge on any atom is 2.00 e. The summed E-state index contributed by atoms with van der Waals surface area (Å²) in [5.74, 6) is 2.96. The van der Waals surface area contributed by atoms with E-state index in [9.17, 15) is 0 Å². The smallest absolute Gasteiger partial charge is 0.509 e. The van der Waals surface area contributed by atoms with E-state index in [1.54, 1.807) is 18.3 Å². The first kappa shape index (κ1) is 32.1. The maximum absolute atomic E-state index is 8.31. The van der Waals surface area contributed by atoms with Crippen molar-refractivity contribution in [3.8, 4) is 34.1 Å². The number of nitrogens with zero attached hydrogens (tertiary/aromatic N) is 4. The SMILES string of the molecule is [2H]c1ccnc(-n2c3[c-]c(Oc4[c-]c(-n5nc(C)c(-c6ccccc6)c5C)ccc4)ccc3c3cc(C(C)CC(C)CCC)ccc32)c1.[Pt+2]. The van der Waals surface area contributed by atoms with Crippen LogP contribution in [0.15, 0.2) is 103 Å². The fraction of sp³-hybridized carbons (Fsp3) is 0.238. The number of aryl methyl sites for hydroxylation is 1. The Morgan fingerprint density at radius 1 is 0.875 bits per heavy atom. The number of aromatic nitrogens is 4. The molecule has 5 nitrogen and oxygen atoms in total. The third-order valence-corrected chi connectivity index (χ3v) is 9.15. The van der Waals surface area contributed by atoms with E-state index in [-0.39, 0.29) is 21.1 Å². The van der Waals surface area contributed by atoms with Crippen LogP contribution in [0.25, 0.3) is 44.4 Å². The Kier molecular flexibility index (Phi) is 9.58. The second-order valence-electron chi connectivity index (χ2n) is 12.7. The molecule has 2 unspecified atom stereocenters. The molecule has 0 aliphatic heterocycles. The zero-order valence-electron chi connectivity index (χ0n) is 29.0. The second kappa shape index (κ2) is 14.3. The Morgan fingerprint density at radius 2 is 1.69 bits per heavy atom. The van der Waals surface area contributed by atoms with E-state index in [2.05, 4.69) is 85.8 Å². The van der Waals surface area contributed by atoms with Crippen molar-refractivity contribution in [2.45, 2.75) is 59.8 Å². The van der Waals surface area contributed by atoms with Crippen LogP contribution in [-0.4, -0.2) is 19.3 Å². The van der Waals surface area contributed by atoms with Gasteiger partial charge in [-0.2, -0.15) is 17.2 Å². The normalized spacial score (nSPS) is 12.9. The molecule has 0 aliphatic rings. The van der Waals surface area contributed by atoms with Crippen LogP contribution < -0.4 is 4.74 Å². The topological polar surface area (TPSA) is 44.9 Å². The van der Waals surface area contributed by atoms with Crippen molar-refractivity contribution < 1.29 is 27.2 Å². The van der Waals surface area contributed by atoms with Gasteiger partial charge in [0.15, 0.2) is 0 Å². The van der Waals surface area contributed by atoms with Gasteiger partial charge in [0.1, 0.15) is 5.82 Å². The summed E-state index contributed by atoms with van der Waals surface area (Å²) in [5, 5.41) is 7.07. The first-order valence-corrected chi connectivity index (χ1v) is 16.6. The maximum atomic E-state index is 8.31. The van der Waals surface area contributed by atoms with E-state index in [1.807, 2.05) is 54.1 Å². The average molecular weight is 813 g/mol. The van der Waals surface area contributed by atoms with E-state index in [0.29, 0.717) is 35.2 Å². The predicted molar refractivity (Wildman–Crippen MR) is 192 cm³/mol. The van der Waals surface area contributed by atoms with Crippen molar-refractivity contribution in [3.63, 3.8) is 0 Å². The first-order valence-electron chi connectivity index (χ1n) is 17.1. The molecule has 0 saturated heterocycles. The number of hydrogen-bond donors (Lipinski definition) is 0. The minimum Gasteiger partial charge on any atom is -0.509 e. The molecule has 2 atom stereocenters. The molecular formula is C42H40N4OPt. The minimum absolute atomic E-state index is 0. The van der Waals surface area contributed by atoms with Crippen LogP contribution in [0, 0.1) is 31.9 Å². The molecule has 0 saturated carbocycles. The fourth-order valence-electron chi connectivity index (χ4n) is 6.97. The molecule has 244 valence electrons. The van der Waals surface area contributed by atoms with Crippen LogP contribution >= 0.6 is 0 Å². The number of rotatable bonds is 10. The molecule has 0 amide bonds. The molecule has 0 fully saturated rings. The number of fused-ring (bicyclic) bond motifs is 3. The Bertz CT molecular complexity index is 2240. The third-order valence-electron chi connectivity index (χ3n) is 9.15. The zero-order chi connectivity index (χ0) is 33.4. The summed E-state index contributed by atoms with van der Waals surface area (Å²) in [6.07, 6.45) is 5.30. The van der Waals surface area contributed by atoms with E-state index < -0.39 is 0 Å². The van der Waals surface area contributed by atoms with Crippen molar-refractivity contribution >= 4 is 21.8 Å². The largest absolute Gasteiger partial charge is 2.00 e. The Labute approximate surface area is 299 Å². The molecule has 0 aliphatic carbocycles. The zero-order valence-corrected chi connectivity index (χ0v) is 30.3. The summed E-state index contributed by atoms with van der Waals surface area (Å²) < 4.78 is 18.7. The van der Waals surface area contributed by atoms with Gasteiger partial charge in [-0.25, -0.2) is 4.98 Å². The molecule has 3 heterocycles. The molecule has 0 spiro atoms. The van der Waals surface area contributed by atoms with E-state index >= 15 is 0 Å². The van der Waals surface area contributed by atoms with Gasteiger partial charge < -0.3 is 9.30 Å². The summed E-state index contributed by atoms with van der Waals surface area (Å²) in [6.45, 7) is 11.1. The van der Waals surface area contributed by atoms with Gasteiger partial charge in [-0.05, 0) is 72.5 Å². The van der Waals surface area contributed by atoms with Crippen LogP contribution in [0.1, 0.15) is 64.3 Å². The van der Waals surface area contributed by atoms with Crippen LogP contribution in [0.2, 0.25) is 0 Å². The van der Waals surface area contributed by atoms with Crippen molar-refractivity contribution in [1.29, 1.82) is 0 Å². The van der Waals surface area contributed by atoms with Crippen molar-refractivity contribution in [3.05, 3.63) is 132 Å². The average Bonchev–Trinajstić information content (AvgIpc) is 3.57. The third kappa shape index (κ3) is 6.49. The predicted octanol–water partition coefficient (Wildman–Crippen LogP) is 11.0. The van der Waals surface area contributed by atoms with Crippen LogP contribution in [0.4, 0.5) is 0 Å². The Balaban J connectivity index is 0.00000417. The molecule has 7 rings (SSSR count). The fourth-order valence-corrected chi connectivity index (χ4v) is 6.97. The number of hydrogen-bond acceptors (Lipinski definition) is 3. The number of pyridine rings is 1. The monoisotopic (exact) mass is 812 g/mol. The summed E-state index contributed by atoms with van der Waals surface area (Å²) in [5.41, 5.74) is 8.29. The van der Waals surface area contributed by atoms with Gasteiger partial charge in [0, 0.05) is 34.5 Å². The molecule has 7 aromatic rings. The summed E-state index contributed by atoms with van der Waals surface area (Å²) >= 11 is 0. The molecule has 0 N–H and O–H groups in total. The molecular weight excluding hydrogens is 772 g/mol. The van der Waals surface area contributed by atoms with Gasteiger partial charge in [0.2, 0.25) is 0 Å². The van der Waals surface area contributed by atoms with Gasteiger partial charge in [0.25, 0.3) is 0 Å². The first-order chi connectivity index (χ1) is 23.3. The summed E-state index contributed by atoms with van der Waals surface area (Å²) in [4.78, 5) is 4.66. The molecule has 4 aromatic carbocycles. The van der Waals surface area contributed by atoms with Crippen molar-refractivity contribution in [1.82, 2.24) is 19.3 Å². The van der Waals surface area contributed by atoms with Gasteiger partial charge in [-0.1, -0.05) is 87.6 Å². The second-order valence-corrected chi connectivity index (χ2v) is 12.7.